The molecule has 16 heteroatoms. The number of carbonyl (C=O) groups is 4. The minimum absolute atomic E-state index is 0.156. The van der Waals surface area contributed by atoms with Crippen molar-refractivity contribution in [3.05, 3.63) is 16.3 Å². The standard InChI is InChI=1S/C21H29I3N4O9/c1-8(30)25-17-14(22)13(15(23)18(16(17)24)26-9(2)31)21(37)28(4)6-12(34)27(3)5-10(32)19(35)20(36)11(33)7-29/h10-11,19-20,29,32-33,35-36H,5-7H2,1-4H3,(H,25,30)(H,26,31)/t10-,11-,19-,20+/m0/s1. The molecule has 1 aromatic carbocycles. The molecule has 0 radical (unpaired) electrons. The van der Waals surface area contributed by atoms with Gasteiger partial charge in [0.2, 0.25) is 17.7 Å². The zero-order chi connectivity index (χ0) is 28.8. The topological polar surface area (TPSA) is 200 Å². The largest absolute Gasteiger partial charge is 0.394 e. The van der Waals surface area contributed by atoms with Crippen LogP contribution in [0.15, 0.2) is 0 Å². The molecular formula is C21H29I3N4O9. The summed E-state index contributed by atoms with van der Waals surface area (Å²) in [5.74, 6) is -1.95. The first-order valence-electron chi connectivity index (χ1n) is 10.6. The van der Waals surface area contributed by atoms with Crippen molar-refractivity contribution in [3.63, 3.8) is 0 Å². The number of rotatable bonds is 11. The Morgan fingerprint density at radius 1 is 0.784 bits per heavy atom. The maximum absolute atomic E-state index is 13.4. The molecule has 37 heavy (non-hydrogen) atoms. The molecule has 0 aliphatic carbocycles. The smallest absolute Gasteiger partial charge is 0.256 e. The second-order valence-electron chi connectivity index (χ2n) is 8.16. The van der Waals surface area contributed by atoms with Gasteiger partial charge in [-0.05, 0) is 67.8 Å². The first-order valence-corrected chi connectivity index (χ1v) is 13.9. The zero-order valence-electron chi connectivity index (χ0n) is 20.3. The van der Waals surface area contributed by atoms with Crippen molar-refractivity contribution >= 4 is 103 Å². The summed E-state index contributed by atoms with van der Waals surface area (Å²) in [4.78, 5) is 51.8. The second kappa shape index (κ2) is 15.0. The fraction of sp³-hybridized carbons (Fsp3) is 0.524. The molecule has 0 bridgehead atoms. The number of nitrogens with one attached hydrogen (secondary N) is 2. The van der Waals surface area contributed by atoms with Gasteiger partial charge in [-0.1, -0.05) is 0 Å². The summed E-state index contributed by atoms with van der Waals surface area (Å²) in [7, 11) is 2.69. The zero-order valence-corrected chi connectivity index (χ0v) is 26.8. The molecule has 0 unspecified atom stereocenters. The number of hydrogen-bond donors (Lipinski definition) is 7. The van der Waals surface area contributed by atoms with Crippen LogP contribution in [0.2, 0.25) is 0 Å². The molecule has 4 atom stereocenters. The summed E-state index contributed by atoms with van der Waals surface area (Å²) in [5, 5.41) is 53.5. The number of anilines is 2. The van der Waals surface area contributed by atoms with Crippen molar-refractivity contribution in [1.29, 1.82) is 0 Å². The van der Waals surface area contributed by atoms with Gasteiger partial charge in [0, 0.05) is 34.5 Å². The van der Waals surface area contributed by atoms with Gasteiger partial charge in [-0.15, -0.1) is 0 Å². The fourth-order valence-electron chi connectivity index (χ4n) is 3.06. The van der Waals surface area contributed by atoms with Gasteiger partial charge in [-0.3, -0.25) is 19.2 Å². The average Bonchev–Trinajstić information content (AvgIpc) is 2.82. The minimum atomic E-state index is -1.84. The third kappa shape index (κ3) is 9.07. The monoisotopic (exact) mass is 862 g/mol. The van der Waals surface area contributed by atoms with Gasteiger partial charge in [-0.2, -0.15) is 0 Å². The van der Waals surface area contributed by atoms with E-state index in [2.05, 4.69) is 10.6 Å². The summed E-state index contributed by atoms with van der Waals surface area (Å²) < 4.78 is 1.33. The SMILES string of the molecule is CC(=O)Nc1c(I)c(NC(C)=O)c(I)c(C(=O)N(C)CC(=O)N(C)C[C@H](O)[C@H](O)[C@H](O)[C@@H](O)CO)c1I. The number of amides is 4. The first kappa shape index (κ1) is 34.1. The molecule has 0 spiro atoms. The number of carbonyl (C=O) groups excluding carboxylic acids is 4. The molecule has 0 saturated heterocycles. The van der Waals surface area contributed by atoms with Crippen LogP contribution in [0.4, 0.5) is 11.4 Å². The Balaban J connectivity index is 3.17. The molecule has 0 saturated carbocycles. The highest BCUT2D eigenvalue weighted by Gasteiger charge is 2.32. The normalized spacial score (nSPS) is 14.3. The van der Waals surface area contributed by atoms with E-state index in [4.69, 9.17) is 5.11 Å². The van der Waals surface area contributed by atoms with Crippen LogP contribution in [0, 0.1) is 10.7 Å². The van der Waals surface area contributed by atoms with E-state index in [0.717, 1.165) is 9.80 Å². The van der Waals surface area contributed by atoms with Crippen molar-refractivity contribution in [2.75, 3.05) is 44.4 Å². The molecule has 208 valence electrons. The van der Waals surface area contributed by atoms with Crippen molar-refractivity contribution in [1.82, 2.24) is 9.80 Å². The van der Waals surface area contributed by atoms with Gasteiger partial charge in [0.25, 0.3) is 5.91 Å². The van der Waals surface area contributed by atoms with E-state index in [9.17, 15) is 39.6 Å². The number of aliphatic hydroxyl groups is 5. The van der Waals surface area contributed by atoms with Crippen molar-refractivity contribution in [3.8, 4) is 0 Å². The van der Waals surface area contributed by atoms with Crippen LogP contribution in [-0.4, -0.2) is 117 Å². The highest BCUT2D eigenvalue weighted by atomic mass is 127. The Hall–Kier alpha value is -0.910. The van der Waals surface area contributed by atoms with Crippen molar-refractivity contribution in [2.24, 2.45) is 0 Å². The van der Waals surface area contributed by atoms with Crippen LogP contribution in [-0.2, 0) is 14.4 Å². The summed E-state index contributed by atoms with van der Waals surface area (Å²) >= 11 is 5.77. The van der Waals surface area contributed by atoms with E-state index >= 15 is 0 Å². The number of halogens is 3. The summed E-state index contributed by atoms with van der Waals surface area (Å²) in [5.41, 5.74) is 0.821. The fourth-order valence-corrected chi connectivity index (χ4v) is 7.23. The number of hydrogen-bond acceptors (Lipinski definition) is 9. The Morgan fingerprint density at radius 3 is 1.62 bits per heavy atom. The average molecular weight is 862 g/mol. The van der Waals surface area contributed by atoms with Gasteiger partial charge >= 0.3 is 0 Å². The number of likely N-dealkylation sites (N-methyl/N-ethyl adjacent to an activating group) is 2. The van der Waals surface area contributed by atoms with Crippen LogP contribution in [0.25, 0.3) is 0 Å². The van der Waals surface area contributed by atoms with E-state index in [0.29, 0.717) is 22.1 Å². The minimum Gasteiger partial charge on any atom is -0.394 e. The summed E-state index contributed by atoms with van der Waals surface area (Å²) in [6, 6.07) is 0. The van der Waals surface area contributed by atoms with E-state index in [-0.39, 0.29) is 17.4 Å². The maximum Gasteiger partial charge on any atom is 0.256 e. The van der Waals surface area contributed by atoms with Gasteiger partial charge in [0.1, 0.15) is 24.4 Å². The van der Waals surface area contributed by atoms with E-state index in [1.54, 1.807) is 0 Å². The van der Waals surface area contributed by atoms with Gasteiger partial charge < -0.3 is 46.0 Å². The van der Waals surface area contributed by atoms with Crippen LogP contribution in [0.1, 0.15) is 24.2 Å². The molecule has 1 rings (SSSR count). The third-order valence-corrected chi connectivity index (χ3v) is 8.30. The lowest BCUT2D eigenvalue weighted by Gasteiger charge is -2.29. The number of benzene rings is 1. The second-order valence-corrected chi connectivity index (χ2v) is 11.4. The lowest BCUT2D eigenvalue weighted by atomic mass is 10.0. The Kier molecular flexibility index (Phi) is 13.9. The van der Waals surface area contributed by atoms with Crippen LogP contribution < -0.4 is 10.6 Å². The van der Waals surface area contributed by atoms with Crippen LogP contribution >= 0.6 is 67.8 Å². The summed E-state index contributed by atoms with van der Waals surface area (Å²) in [6.45, 7) is 0.909. The van der Waals surface area contributed by atoms with Gasteiger partial charge in [0.15, 0.2) is 0 Å². The molecule has 0 heterocycles. The predicted octanol–water partition coefficient (Wildman–Crippen LogP) is -0.616. The molecule has 0 fully saturated rings. The van der Waals surface area contributed by atoms with Gasteiger partial charge in [0.05, 0.1) is 40.8 Å². The van der Waals surface area contributed by atoms with Crippen LogP contribution in [0.3, 0.4) is 0 Å². The van der Waals surface area contributed by atoms with E-state index in [1.165, 1.54) is 27.9 Å². The molecule has 13 nitrogen and oxygen atoms in total. The Bertz CT molecular complexity index is 1000. The third-order valence-electron chi connectivity index (χ3n) is 5.06. The van der Waals surface area contributed by atoms with Crippen molar-refractivity contribution in [2.45, 2.75) is 38.3 Å². The van der Waals surface area contributed by atoms with E-state index < -0.39 is 55.9 Å². The molecule has 0 aromatic heterocycles. The first-order chi connectivity index (χ1) is 17.0. The lowest BCUT2D eigenvalue weighted by Crippen LogP contribution is -2.51. The molecule has 4 amide bonds. The molecule has 7 N–H and O–H groups in total. The number of aliphatic hydroxyl groups excluding tert-OH is 5. The highest BCUT2D eigenvalue weighted by molar-refractivity contribution is 14.1. The maximum atomic E-state index is 13.4. The van der Waals surface area contributed by atoms with Crippen molar-refractivity contribution < 1.29 is 44.7 Å². The Morgan fingerprint density at radius 2 is 1.22 bits per heavy atom. The number of nitrogens with zero attached hydrogens (tertiary/aromatic N) is 2. The highest BCUT2D eigenvalue weighted by Crippen LogP contribution is 2.39. The van der Waals surface area contributed by atoms with Gasteiger partial charge in [-0.25, -0.2) is 0 Å². The quantitative estimate of drug-likeness (QED) is 0.142. The van der Waals surface area contributed by atoms with E-state index in [1.807, 2.05) is 67.8 Å². The molecule has 0 aliphatic heterocycles. The molecule has 0 aliphatic rings. The predicted molar refractivity (Wildman–Crippen MR) is 159 cm³/mol. The summed E-state index contributed by atoms with van der Waals surface area (Å²) in [6.07, 6.45) is -7.01. The lowest BCUT2D eigenvalue weighted by molar-refractivity contribution is -0.138. The Labute approximate surface area is 254 Å². The molecule has 1 aromatic rings. The van der Waals surface area contributed by atoms with Crippen LogP contribution in [0.5, 0.6) is 0 Å². The molecular weight excluding hydrogens is 833 g/mol.